The minimum absolute atomic E-state index is 0.128. The van der Waals surface area contributed by atoms with Crippen LogP contribution in [0.1, 0.15) is 29.7 Å². The highest BCUT2D eigenvalue weighted by molar-refractivity contribution is 6.31. The van der Waals surface area contributed by atoms with Crippen LogP contribution in [0.2, 0.25) is 5.02 Å². The predicted molar refractivity (Wildman–Crippen MR) is 79.3 cm³/mol. The molecule has 0 bridgehead atoms. The van der Waals surface area contributed by atoms with Crippen molar-refractivity contribution in [2.45, 2.75) is 19.9 Å². The topological polar surface area (TPSA) is 35.8 Å². The highest BCUT2D eigenvalue weighted by Crippen LogP contribution is 2.28. The van der Waals surface area contributed by atoms with Crippen LogP contribution in [-0.2, 0) is 0 Å². The number of hydrogen-bond acceptors (Lipinski definition) is 2. The Hall–Kier alpha value is -2.05. The van der Waals surface area contributed by atoms with Gasteiger partial charge in [-0.05, 0) is 43.2 Å². The number of benzene rings is 2. The zero-order valence-corrected chi connectivity index (χ0v) is 12.0. The standard InChI is InChI=1S/C16H14ClFN2/c1-10-4-3-5-16(14(10)9-19)20-11(2)13-7-6-12(18)8-15(13)17/h3-8,11,20H,1-2H3. The van der Waals surface area contributed by atoms with E-state index in [0.29, 0.717) is 10.6 Å². The first-order chi connectivity index (χ1) is 9.52. The number of aryl methyl sites for hydroxylation is 1. The van der Waals surface area contributed by atoms with E-state index in [-0.39, 0.29) is 11.9 Å². The second-order valence-electron chi connectivity index (χ2n) is 4.64. The predicted octanol–water partition coefficient (Wildman–Crippen LogP) is 4.83. The molecule has 4 heteroatoms. The van der Waals surface area contributed by atoms with Gasteiger partial charge in [0.25, 0.3) is 0 Å². The molecule has 0 fully saturated rings. The van der Waals surface area contributed by atoms with Crippen LogP contribution in [0.4, 0.5) is 10.1 Å². The van der Waals surface area contributed by atoms with Crippen LogP contribution in [0.15, 0.2) is 36.4 Å². The number of rotatable bonds is 3. The van der Waals surface area contributed by atoms with E-state index in [1.54, 1.807) is 6.07 Å². The molecule has 102 valence electrons. The van der Waals surface area contributed by atoms with Crippen LogP contribution < -0.4 is 5.32 Å². The molecular weight excluding hydrogens is 275 g/mol. The summed E-state index contributed by atoms with van der Waals surface area (Å²) in [4.78, 5) is 0. The molecule has 0 heterocycles. The summed E-state index contributed by atoms with van der Waals surface area (Å²) in [6.45, 7) is 3.81. The zero-order chi connectivity index (χ0) is 14.7. The molecule has 0 aromatic heterocycles. The third-order valence-corrected chi connectivity index (χ3v) is 3.51. The minimum atomic E-state index is -0.362. The molecular formula is C16H14ClFN2. The van der Waals surface area contributed by atoms with Gasteiger partial charge in [-0.2, -0.15) is 5.26 Å². The van der Waals surface area contributed by atoms with E-state index < -0.39 is 0 Å². The second kappa shape index (κ2) is 5.94. The van der Waals surface area contributed by atoms with Crippen LogP contribution >= 0.6 is 11.6 Å². The first-order valence-electron chi connectivity index (χ1n) is 6.24. The van der Waals surface area contributed by atoms with Crippen molar-refractivity contribution in [3.63, 3.8) is 0 Å². The molecule has 1 unspecified atom stereocenters. The molecule has 0 spiro atoms. The highest BCUT2D eigenvalue weighted by atomic mass is 35.5. The summed E-state index contributed by atoms with van der Waals surface area (Å²) in [6, 6.07) is 12.0. The van der Waals surface area contributed by atoms with Crippen LogP contribution in [0.25, 0.3) is 0 Å². The maximum absolute atomic E-state index is 13.1. The molecule has 2 aromatic carbocycles. The van der Waals surface area contributed by atoms with Crippen LogP contribution in [0.5, 0.6) is 0 Å². The van der Waals surface area contributed by atoms with E-state index in [2.05, 4.69) is 11.4 Å². The van der Waals surface area contributed by atoms with Crippen molar-refractivity contribution < 1.29 is 4.39 Å². The van der Waals surface area contributed by atoms with Gasteiger partial charge in [0.05, 0.1) is 17.3 Å². The fourth-order valence-electron chi connectivity index (χ4n) is 2.10. The third kappa shape index (κ3) is 2.92. The van der Waals surface area contributed by atoms with Gasteiger partial charge in [-0.15, -0.1) is 0 Å². The summed E-state index contributed by atoms with van der Waals surface area (Å²) in [7, 11) is 0. The summed E-state index contributed by atoms with van der Waals surface area (Å²) in [6.07, 6.45) is 0. The Morgan fingerprint density at radius 3 is 2.70 bits per heavy atom. The van der Waals surface area contributed by atoms with Gasteiger partial charge in [0, 0.05) is 5.02 Å². The van der Waals surface area contributed by atoms with Gasteiger partial charge in [0.2, 0.25) is 0 Å². The number of halogens is 2. The molecule has 1 N–H and O–H groups in total. The molecule has 0 aliphatic rings. The van der Waals surface area contributed by atoms with Gasteiger partial charge in [-0.3, -0.25) is 0 Å². The maximum atomic E-state index is 13.1. The largest absolute Gasteiger partial charge is 0.377 e. The van der Waals surface area contributed by atoms with Gasteiger partial charge in [0.15, 0.2) is 0 Å². The number of nitrogens with one attached hydrogen (secondary N) is 1. The molecule has 0 radical (unpaired) electrons. The second-order valence-corrected chi connectivity index (χ2v) is 5.05. The Morgan fingerprint density at radius 2 is 2.05 bits per heavy atom. The fourth-order valence-corrected chi connectivity index (χ4v) is 2.43. The molecule has 0 saturated heterocycles. The van der Waals surface area contributed by atoms with E-state index in [1.165, 1.54) is 12.1 Å². The minimum Gasteiger partial charge on any atom is -0.377 e. The molecule has 0 amide bonds. The molecule has 0 aliphatic carbocycles. The van der Waals surface area contributed by atoms with E-state index in [9.17, 15) is 9.65 Å². The van der Waals surface area contributed by atoms with Crippen LogP contribution in [0, 0.1) is 24.1 Å². The number of nitriles is 1. The van der Waals surface area contributed by atoms with Gasteiger partial charge >= 0.3 is 0 Å². The lowest BCUT2D eigenvalue weighted by Crippen LogP contribution is -2.09. The number of nitrogens with zero attached hydrogens (tertiary/aromatic N) is 1. The Bertz CT molecular complexity index is 677. The van der Waals surface area contributed by atoms with Crippen molar-refractivity contribution in [2.75, 3.05) is 5.32 Å². The first kappa shape index (κ1) is 14.4. The summed E-state index contributed by atoms with van der Waals surface area (Å²) in [5.41, 5.74) is 3.06. The summed E-state index contributed by atoms with van der Waals surface area (Å²) >= 11 is 6.05. The first-order valence-corrected chi connectivity index (χ1v) is 6.62. The number of anilines is 1. The summed E-state index contributed by atoms with van der Waals surface area (Å²) in [5, 5.41) is 12.8. The van der Waals surface area contributed by atoms with E-state index in [1.807, 2.05) is 32.0 Å². The smallest absolute Gasteiger partial charge is 0.124 e. The van der Waals surface area contributed by atoms with Crippen molar-refractivity contribution in [1.29, 1.82) is 5.26 Å². The Kier molecular flexibility index (Phi) is 4.26. The van der Waals surface area contributed by atoms with E-state index >= 15 is 0 Å². The Balaban J connectivity index is 2.31. The quantitative estimate of drug-likeness (QED) is 0.878. The van der Waals surface area contributed by atoms with Crippen molar-refractivity contribution in [2.24, 2.45) is 0 Å². The van der Waals surface area contributed by atoms with E-state index in [0.717, 1.165) is 16.8 Å². The van der Waals surface area contributed by atoms with Gasteiger partial charge < -0.3 is 5.32 Å². The zero-order valence-electron chi connectivity index (χ0n) is 11.2. The molecule has 0 saturated carbocycles. The van der Waals surface area contributed by atoms with Gasteiger partial charge in [0.1, 0.15) is 11.9 Å². The van der Waals surface area contributed by atoms with Crippen molar-refractivity contribution in [3.8, 4) is 6.07 Å². The lowest BCUT2D eigenvalue weighted by atomic mass is 10.0. The SMILES string of the molecule is Cc1cccc(NC(C)c2ccc(F)cc2Cl)c1C#N. The Labute approximate surface area is 122 Å². The monoisotopic (exact) mass is 288 g/mol. The van der Waals surface area contributed by atoms with Crippen molar-refractivity contribution in [3.05, 3.63) is 63.9 Å². The van der Waals surface area contributed by atoms with Crippen molar-refractivity contribution in [1.82, 2.24) is 0 Å². The van der Waals surface area contributed by atoms with E-state index in [4.69, 9.17) is 11.6 Å². The van der Waals surface area contributed by atoms with Crippen LogP contribution in [-0.4, -0.2) is 0 Å². The van der Waals surface area contributed by atoms with Gasteiger partial charge in [-0.1, -0.05) is 29.8 Å². The summed E-state index contributed by atoms with van der Waals surface area (Å²) in [5.74, 6) is -0.362. The van der Waals surface area contributed by atoms with Crippen molar-refractivity contribution >= 4 is 17.3 Å². The Morgan fingerprint density at radius 1 is 1.30 bits per heavy atom. The molecule has 0 aliphatic heterocycles. The molecule has 2 nitrogen and oxygen atoms in total. The third-order valence-electron chi connectivity index (χ3n) is 3.19. The average Bonchev–Trinajstić information content (AvgIpc) is 2.38. The normalized spacial score (nSPS) is 11.8. The van der Waals surface area contributed by atoms with Crippen LogP contribution in [0.3, 0.4) is 0 Å². The maximum Gasteiger partial charge on any atom is 0.124 e. The summed E-state index contributed by atoms with van der Waals surface area (Å²) < 4.78 is 13.1. The molecule has 2 aromatic rings. The lowest BCUT2D eigenvalue weighted by molar-refractivity contribution is 0.626. The highest BCUT2D eigenvalue weighted by Gasteiger charge is 2.13. The molecule has 2 rings (SSSR count). The number of hydrogen-bond donors (Lipinski definition) is 1. The average molecular weight is 289 g/mol. The van der Waals surface area contributed by atoms with Gasteiger partial charge in [-0.25, -0.2) is 4.39 Å². The lowest BCUT2D eigenvalue weighted by Gasteiger charge is -2.18. The fraction of sp³-hybridized carbons (Fsp3) is 0.188. The molecule has 1 atom stereocenters. The molecule has 20 heavy (non-hydrogen) atoms.